The summed E-state index contributed by atoms with van der Waals surface area (Å²) in [5, 5.41) is 1.49. The number of rotatable bonds is 1. The second kappa shape index (κ2) is 5.09. The predicted octanol–water partition coefficient (Wildman–Crippen LogP) is -0.0593. The van der Waals surface area contributed by atoms with E-state index in [0.29, 0.717) is 16.6 Å². The van der Waals surface area contributed by atoms with Crippen LogP contribution in [0.1, 0.15) is 11.3 Å². The van der Waals surface area contributed by atoms with Gasteiger partial charge in [-0.05, 0) is 6.07 Å². The molecule has 0 radical (unpaired) electrons. The Hall–Kier alpha value is -0.700. The zero-order valence-corrected chi connectivity index (χ0v) is 10.9. The number of pyridine rings is 1. The number of aromatic nitrogens is 1. The molecule has 2 rings (SSSR count). The van der Waals surface area contributed by atoms with Gasteiger partial charge in [0.2, 0.25) is 5.52 Å². The van der Waals surface area contributed by atoms with Crippen LogP contribution in [0.25, 0.3) is 10.9 Å². The van der Waals surface area contributed by atoms with Crippen LogP contribution in [0.4, 0.5) is 5.69 Å². The lowest BCUT2D eigenvalue weighted by Gasteiger charge is -2.05. The van der Waals surface area contributed by atoms with Gasteiger partial charge in [-0.15, -0.1) is 11.6 Å². The Balaban J connectivity index is 0.00000128. The normalized spacial score (nSPS) is 10.2. The molecule has 0 spiro atoms. The number of nitrogen functional groups attached to an aromatic ring is 1. The maximum Gasteiger partial charge on any atom is 0.214 e. The van der Waals surface area contributed by atoms with E-state index in [4.69, 9.17) is 28.9 Å². The second-order valence-corrected chi connectivity index (χ2v) is 4.11. The molecule has 0 aliphatic heterocycles. The van der Waals surface area contributed by atoms with E-state index >= 15 is 0 Å². The molecule has 1 heterocycles. The highest BCUT2D eigenvalue weighted by molar-refractivity contribution is 6.36. The quantitative estimate of drug-likeness (QED) is 0.729. The molecule has 1 aromatic carbocycles. The minimum Gasteiger partial charge on any atom is -1.00 e. The number of alkyl halides is 1. The van der Waals surface area contributed by atoms with E-state index < -0.39 is 0 Å². The van der Waals surface area contributed by atoms with E-state index in [1.54, 1.807) is 0 Å². The van der Waals surface area contributed by atoms with Crippen LogP contribution in [0.15, 0.2) is 18.2 Å². The standard InChI is InChI=1S/C11H10Cl2N2.ClH/c1-6-7(5-12)11(14)10-8(13)3-2-4-9(10)15-6;/h2-4H,5H2,1H3,(H2,14,15);1H. The molecule has 86 valence electrons. The first-order valence-corrected chi connectivity index (χ1v) is 5.50. The molecule has 0 bridgehead atoms. The summed E-state index contributed by atoms with van der Waals surface area (Å²) in [7, 11) is 0. The molecular formula is C11H11Cl3N2. The van der Waals surface area contributed by atoms with Crippen molar-refractivity contribution in [2.24, 2.45) is 0 Å². The first-order valence-electron chi connectivity index (χ1n) is 4.59. The third-order valence-corrected chi connectivity index (χ3v) is 3.10. The topological polar surface area (TPSA) is 40.2 Å². The highest BCUT2D eigenvalue weighted by Gasteiger charge is 2.16. The van der Waals surface area contributed by atoms with Crippen LogP contribution in [0, 0.1) is 6.92 Å². The van der Waals surface area contributed by atoms with Gasteiger partial charge in [0.05, 0.1) is 27.5 Å². The summed E-state index contributed by atoms with van der Waals surface area (Å²) in [5.74, 6) is 0.384. The number of hydrogen-bond acceptors (Lipinski definition) is 1. The van der Waals surface area contributed by atoms with Crippen molar-refractivity contribution in [3.8, 4) is 0 Å². The molecule has 0 fully saturated rings. The first-order chi connectivity index (χ1) is 7.15. The number of hydrogen-bond donors (Lipinski definition) is 1. The molecule has 0 atom stereocenters. The minimum atomic E-state index is 0. The fraction of sp³-hybridized carbons (Fsp3) is 0.182. The summed E-state index contributed by atoms with van der Waals surface area (Å²) < 4.78 is 0. The van der Waals surface area contributed by atoms with Gasteiger partial charge >= 0.3 is 0 Å². The van der Waals surface area contributed by atoms with Gasteiger partial charge in [-0.2, -0.15) is 0 Å². The maximum absolute atomic E-state index is 6.10. The Bertz CT molecular complexity index is 526. The molecule has 0 saturated heterocycles. The van der Waals surface area contributed by atoms with Crippen molar-refractivity contribution in [2.75, 3.05) is 5.73 Å². The van der Waals surface area contributed by atoms with Crippen molar-refractivity contribution < 1.29 is 17.4 Å². The molecule has 0 saturated carbocycles. The molecule has 2 nitrogen and oxygen atoms in total. The van der Waals surface area contributed by atoms with Crippen molar-refractivity contribution >= 4 is 39.8 Å². The van der Waals surface area contributed by atoms with Gasteiger partial charge in [0, 0.05) is 13.0 Å². The molecule has 16 heavy (non-hydrogen) atoms. The van der Waals surface area contributed by atoms with E-state index in [0.717, 1.165) is 22.2 Å². The molecule has 3 N–H and O–H groups in total. The Morgan fingerprint density at radius 2 is 2.06 bits per heavy atom. The third kappa shape index (κ3) is 2.05. The van der Waals surface area contributed by atoms with Crippen LogP contribution in [-0.4, -0.2) is 0 Å². The fourth-order valence-electron chi connectivity index (χ4n) is 1.70. The number of nitrogens with two attached hydrogens (primary N) is 1. The number of benzene rings is 1. The van der Waals surface area contributed by atoms with Crippen molar-refractivity contribution in [1.82, 2.24) is 0 Å². The Kier molecular flexibility index (Phi) is 4.25. The molecule has 1 aromatic heterocycles. The Morgan fingerprint density at radius 3 is 2.69 bits per heavy atom. The number of anilines is 1. The number of nitrogens with one attached hydrogen (secondary N) is 1. The summed E-state index contributed by atoms with van der Waals surface area (Å²) in [4.78, 5) is 3.24. The van der Waals surface area contributed by atoms with Gasteiger partial charge in [-0.25, -0.2) is 4.98 Å². The molecule has 0 aliphatic rings. The van der Waals surface area contributed by atoms with Gasteiger partial charge in [-0.1, -0.05) is 17.7 Å². The van der Waals surface area contributed by atoms with Crippen LogP contribution in [0.2, 0.25) is 5.02 Å². The number of halogens is 3. The van der Waals surface area contributed by atoms with Crippen LogP contribution in [0.3, 0.4) is 0 Å². The monoisotopic (exact) mass is 276 g/mol. The van der Waals surface area contributed by atoms with E-state index in [1.807, 2.05) is 25.1 Å². The number of aromatic amines is 1. The Labute approximate surface area is 110 Å². The van der Waals surface area contributed by atoms with E-state index in [2.05, 4.69) is 4.98 Å². The minimum absolute atomic E-state index is 0. The third-order valence-electron chi connectivity index (χ3n) is 2.52. The fourth-order valence-corrected chi connectivity index (χ4v) is 2.33. The van der Waals surface area contributed by atoms with Gasteiger partial charge in [0.25, 0.3) is 0 Å². The SMILES string of the molecule is Cc1[nH+]c2cccc(Cl)c2c(N)c1CCl.[Cl-]. The predicted molar refractivity (Wildman–Crippen MR) is 64.2 cm³/mol. The first kappa shape index (κ1) is 13.4. The van der Waals surface area contributed by atoms with E-state index in [1.165, 1.54) is 0 Å². The number of H-pyrrole nitrogens is 1. The molecule has 5 heteroatoms. The Morgan fingerprint density at radius 1 is 1.38 bits per heavy atom. The molecule has 0 unspecified atom stereocenters. The summed E-state index contributed by atoms with van der Waals surface area (Å²) >= 11 is 11.9. The van der Waals surface area contributed by atoms with Crippen molar-refractivity contribution in [2.45, 2.75) is 12.8 Å². The summed E-state index contributed by atoms with van der Waals surface area (Å²) in [6.07, 6.45) is 0. The zero-order chi connectivity index (χ0) is 11.0. The molecular weight excluding hydrogens is 266 g/mol. The second-order valence-electron chi connectivity index (χ2n) is 3.44. The van der Waals surface area contributed by atoms with Crippen LogP contribution < -0.4 is 23.1 Å². The zero-order valence-electron chi connectivity index (χ0n) is 8.65. The molecule has 0 amide bonds. The van der Waals surface area contributed by atoms with Crippen LogP contribution >= 0.6 is 23.2 Å². The lowest BCUT2D eigenvalue weighted by Crippen LogP contribution is -3.00. The smallest absolute Gasteiger partial charge is 0.214 e. The lowest BCUT2D eigenvalue weighted by molar-refractivity contribution is -0.355. The maximum atomic E-state index is 6.10. The van der Waals surface area contributed by atoms with E-state index in [-0.39, 0.29) is 12.4 Å². The van der Waals surface area contributed by atoms with Gasteiger partial charge < -0.3 is 18.1 Å². The van der Waals surface area contributed by atoms with Crippen molar-refractivity contribution in [1.29, 1.82) is 0 Å². The number of aryl methyl sites for hydroxylation is 1. The largest absolute Gasteiger partial charge is 1.00 e. The molecule has 0 aliphatic carbocycles. The lowest BCUT2D eigenvalue weighted by atomic mass is 10.1. The summed E-state index contributed by atoms with van der Waals surface area (Å²) in [5.41, 5.74) is 9.54. The molecule has 2 aromatic rings. The van der Waals surface area contributed by atoms with Crippen LogP contribution in [0.5, 0.6) is 0 Å². The highest BCUT2D eigenvalue weighted by atomic mass is 35.5. The van der Waals surface area contributed by atoms with Crippen molar-refractivity contribution in [3.63, 3.8) is 0 Å². The number of fused-ring (bicyclic) bond motifs is 1. The van der Waals surface area contributed by atoms with Gasteiger partial charge in [-0.3, -0.25) is 0 Å². The summed E-state index contributed by atoms with van der Waals surface area (Å²) in [6.45, 7) is 1.95. The van der Waals surface area contributed by atoms with Crippen molar-refractivity contribution in [3.05, 3.63) is 34.5 Å². The van der Waals surface area contributed by atoms with Gasteiger partial charge in [0.15, 0.2) is 5.69 Å². The summed E-state index contributed by atoms with van der Waals surface area (Å²) in [6, 6.07) is 5.66. The van der Waals surface area contributed by atoms with E-state index in [9.17, 15) is 0 Å². The van der Waals surface area contributed by atoms with Gasteiger partial charge in [0.1, 0.15) is 0 Å². The highest BCUT2D eigenvalue weighted by Crippen LogP contribution is 2.30. The average Bonchev–Trinajstić information content (AvgIpc) is 2.17. The van der Waals surface area contributed by atoms with Crippen LogP contribution in [-0.2, 0) is 5.88 Å². The average molecular weight is 278 g/mol.